The number of benzene rings is 2. The lowest BCUT2D eigenvalue weighted by atomic mass is 10.3. The standard InChI is InChI=1S/2C8H11N/c1-9(2)8-6-4-3-5-7-8;1-2-9-8-6-4-3-5-7-8/h3-7H,1-2H3;3-7,9H,2H2,1H3. The van der Waals surface area contributed by atoms with E-state index in [2.05, 4.69) is 41.4 Å². The molecule has 2 heteroatoms. The Labute approximate surface area is 110 Å². The lowest BCUT2D eigenvalue weighted by molar-refractivity contribution is 1.13. The van der Waals surface area contributed by atoms with Crippen molar-refractivity contribution in [1.82, 2.24) is 0 Å². The maximum Gasteiger partial charge on any atom is 0.0360 e. The van der Waals surface area contributed by atoms with Crippen LogP contribution in [0.5, 0.6) is 0 Å². The second kappa shape index (κ2) is 8.18. The molecule has 2 aromatic rings. The fourth-order valence-electron chi connectivity index (χ4n) is 1.49. The first-order chi connectivity index (χ1) is 8.74. The Morgan fingerprint density at radius 3 is 1.72 bits per heavy atom. The number of para-hydroxylation sites is 2. The molecule has 0 bridgehead atoms. The van der Waals surface area contributed by atoms with E-state index in [0.717, 1.165) is 6.54 Å². The van der Waals surface area contributed by atoms with E-state index in [-0.39, 0.29) is 0 Å². The van der Waals surface area contributed by atoms with Gasteiger partial charge in [0.25, 0.3) is 0 Å². The van der Waals surface area contributed by atoms with Crippen LogP contribution in [0.3, 0.4) is 0 Å². The Morgan fingerprint density at radius 1 is 0.833 bits per heavy atom. The zero-order valence-corrected chi connectivity index (χ0v) is 11.4. The summed E-state index contributed by atoms with van der Waals surface area (Å²) in [6.45, 7) is 3.08. The number of hydrogen-bond acceptors (Lipinski definition) is 2. The van der Waals surface area contributed by atoms with E-state index >= 15 is 0 Å². The molecule has 0 fully saturated rings. The fraction of sp³-hybridized carbons (Fsp3) is 0.250. The third-order valence-corrected chi connectivity index (χ3v) is 2.43. The molecule has 0 saturated carbocycles. The highest BCUT2D eigenvalue weighted by molar-refractivity contribution is 5.43. The summed E-state index contributed by atoms with van der Waals surface area (Å²) in [5.41, 5.74) is 2.44. The fourth-order valence-corrected chi connectivity index (χ4v) is 1.49. The van der Waals surface area contributed by atoms with Gasteiger partial charge in [0, 0.05) is 32.0 Å². The van der Waals surface area contributed by atoms with Gasteiger partial charge < -0.3 is 10.2 Å². The molecule has 0 aromatic heterocycles. The van der Waals surface area contributed by atoms with E-state index in [1.165, 1.54) is 11.4 Å². The van der Waals surface area contributed by atoms with Crippen LogP contribution in [-0.2, 0) is 0 Å². The van der Waals surface area contributed by atoms with Crippen molar-refractivity contribution in [2.24, 2.45) is 0 Å². The molecule has 0 aliphatic heterocycles. The van der Waals surface area contributed by atoms with Gasteiger partial charge in [-0.1, -0.05) is 36.4 Å². The first-order valence-corrected chi connectivity index (χ1v) is 6.25. The molecule has 2 rings (SSSR count). The van der Waals surface area contributed by atoms with E-state index in [1.807, 2.05) is 50.5 Å². The van der Waals surface area contributed by atoms with Gasteiger partial charge in [0.05, 0.1) is 0 Å². The van der Waals surface area contributed by atoms with Gasteiger partial charge in [-0.3, -0.25) is 0 Å². The van der Waals surface area contributed by atoms with Gasteiger partial charge in [-0.2, -0.15) is 0 Å². The summed E-state index contributed by atoms with van der Waals surface area (Å²) in [5, 5.41) is 3.21. The van der Waals surface area contributed by atoms with Crippen LogP contribution in [0.2, 0.25) is 0 Å². The van der Waals surface area contributed by atoms with E-state index in [4.69, 9.17) is 0 Å². The minimum Gasteiger partial charge on any atom is -0.385 e. The number of anilines is 2. The highest BCUT2D eigenvalue weighted by Gasteiger charge is 1.87. The lowest BCUT2D eigenvalue weighted by Crippen LogP contribution is -2.07. The van der Waals surface area contributed by atoms with Gasteiger partial charge in [-0.25, -0.2) is 0 Å². The van der Waals surface area contributed by atoms with Gasteiger partial charge in [-0.05, 0) is 31.2 Å². The SMILES string of the molecule is CCNc1ccccc1.CN(C)c1ccccc1. The van der Waals surface area contributed by atoms with Gasteiger partial charge in [0.1, 0.15) is 0 Å². The predicted octanol–water partition coefficient (Wildman–Crippen LogP) is 3.87. The summed E-state index contributed by atoms with van der Waals surface area (Å²) < 4.78 is 0. The Hall–Kier alpha value is -1.96. The molecule has 0 amide bonds. The third-order valence-electron chi connectivity index (χ3n) is 2.43. The Bertz CT molecular complexity index is 410. The van der Waals surface area contributed by atoms with Crippen LogP contribution in [0.15, 0.2) is 60.7 Å². The van der Waals surface area contributed by atoms with Crippen LogP contribution in [0.25, 0.3) is 0 Å². The first-order valence-electron chi connectivity index (χ1n) is 6.25. The van der Waals surface area contributed by atoms with Crippen molar-refractivity contribution < 1.29 is 0 Å². The molecule has 1 N–H and O–H groups in total. The molecule has 96 valence electrons. The Morgan fingerprint density at radius 2 is 1.33 bits per heavy atom. The molecule has 0 saturated heterocycles. The lowest BCUT2D eigenvalue weighted by Gasteiger charge is -2.10. The van der Waals surface area contributed by atoms with Crippen molar-refractivity contribution in [2.75, 3.05) is 30.9 Å². The maximum atomic E-state index is 3.21. The molecule has 0 atom stereocenters. The van der Waals surface area contributed by atoms with Crippen molar-refractivity contribution in [3.8, 4) is 0 Å². The van der Waals surface area contributed by atoms with Crippen molar-refractivity contribution >= 4 is 11.4 Å². The molecule has 0 radical (unpaired) electrons. The summed E-state index contributed by atoms with van der Waals surface area (Å²) in [6.07, 6.45) is 0. The topological polar surface area (TPSA) is 15.3 Å². The number of rotatable bonds is 3. The molecule has 0 unspecified atom stereocenters. The predicted molar refractivity (Wildman–Crippen MR) is 81.4 cm³/mol. The normalized spacial score (nSPS) is 9.06. The van der Waals surface area contributed by atoms with E-state index in [0.29, 0.717) is 0 Å². The first kappa shape index (κ1) is 14.1. The van der Waals surface area contributed by atoms with Crippen LogP contribution >= 0.6 is 0 Å². The Kier molecular flexibility index (Phi) is 6.41. The molecule has 2 aromatic carbocycles. The minimum absolute atomic E-state index is 0.990. The van der Waals surface area contributed by atoms with Crippen LogP contribution < -0.4 is 10.2 Å². The second-order valence-corrected chi connectivity index (χ2v) is 4.13. The van der Waals surface area contributed by atoms with Gasteiger partial charge >= 0.3 is 0 Å². The average molecular weight is 242 g/mol. The molecule has 0 spiro atoms. The number of hydrogen-bond donors (Lipinski definition) is 1. The number of nitrogens with zero attached hydrogens (tertiary/aromatic N) is 1. The summed E-state index contributed by atoms with van der Waals surface area (Å²) >= 11 is 0. The Balaban J connectivity index is 0.000000180. The molecular formula is C16H22N2. The second-order valence-electron chi connectivity index (χ2n) is 4.13. The van der Waals surface area contributed by atoms with Gasteiger partial charge in [0.2, 0.25) is 0 Å². The monoisotopic (exact) mass is 242 g/mol. The number of nitrogens with one attached hydrogen (secondary N) is 1. The van der Waals surface area contributed by atoms with E-state index in [1.54, 1.807) is 0 Å². The van der Waals surface area contributed by atoms with E-state index in [9.17, 15) is 0 Å². The largest absolute Gasteiger partial charge is 0.385 e. The summed E-state index contributed by atoms with van der Waals surface area (Å²) in [4.78, 5) is 2.08. The van der Waals surface area contributed by atoms with Crippen LogP contribution in [0.1, 0.15) is 6.92 Å². The van der Waals surface area contributed by atoms with Gasteiger partial charge in [0.15, 0.2) is 0 Å². The quantitative estimate of drug-likeness (QED) is 0.879. The van der Waals surface area contributed by atoms with Gasteiger partial charge in [-0.15, -0.1) is 0 Å². The molecule has 0 heterocycles. The van der Waals surface area contributed by atoms with Crippen LogP contribution in [-0.4, -0.2) is 20.6 Å². The minimum atomic E-state index is 0.990. The molecule has 0 aliphatic carbocycles. The molecule has 0 aliphatic rings. The van der Waals surface area contributed by atoms with Crippen LogP contribution in [0.4, 0.5) is 11.4 Å². The maximum absolute atomic E-state index is 3.21. The summed E-state index contributed by atoms with van der Waals surface area (Å²) in [6, 6.07) is 20.4. The molecule has 2 nitrogen and oxygen atoms in total. The van der Waals surface area contributed by atoms with Crippen molar-refractivity contribution in [3.63, 3.8) is 0 Å². The zero-order valence-electron chi connectivity index (χ0n) is 11.4. The summed E-state index contributed by atoms with van der Waals surface area (Å²) in [7, 11) is 4.07. The van der Waals surface area contributed by atoms with Crippen molar-refractivity contribution in [2.45, 2.75) is 6.92 Å². The zero-order chi connectivity index (χ0) is 13.2. The summed E-state index contributed by atoms with van der Waals surface area (Å²) in [5.74, 6) is 0. The average Bonchev–Trinajstić information content (AvgIpc) is 2.42. The highest BCUT2D eigenvalue weighted by atomic mass is 15.1. The van der Waals surface area contributed by atoms with Crippen molar-refractivity contribution in [3.05, 3.63) is 60.7 Å². The smallest absolute Gasteiger partial charge is 0.0360 e. The third kappa shape index (κ3) is 5.39. The van der Waals surface area contributed by atoms with Crippen molar-refractivity contribution in [1.29, 1.82) is 0 Å². The van der Waals surface area contributed by atoms with Crippen LogP contribution in [0, 0.1) is 0 Å². The molecular weight excluding hydrogens is 220 g/mol. The highest BCUT2D eigenvalue weighted by Crippen LogP contribution is 2.07. The van der Waals surface area contributed by atoms with E-state index < -0.39 is 0 Å². The molecule has 18 heavy (non-hydrogen) atoms.